The molecule has 1 saturated heterocycles. The number of carbonyl (C=O) groups excluding carboxylic acids is 1. The number of nitrogens with zero attached hydrogens (tertiary/aromatic N) is 2. The number of rotatable bonds is 5. The molecule has 0 bridgehead atoms. The lowest BCUT2D eigenvalue weighted by atomic mass is 10.2. The summed E-state index contributed by atoms with van der Waals surface area (Å²) >= 11 is 0. The largest absolute Gasteiger partial charge is 0.365 e. The van der Waals surface area contributed by atoms with E-state index in [0.717, 1.165) is 0 Å². The van der Waals surface area contributed by atoms with Gasteiger partial charge in [-0.15, -0.1) is 30.4 Å². The molecule has 0 aromatic heterocycles. The van der Waals surface area contributed by atoms with E-state index < -0.39 is 11.6 Å². The molecule has 0 aliphatic carbocycles. The Morgan fingerprint density at radius 3 is 2.65 bits per heavy atom. The van der Waals surface area contributed by atoms with Crippen molar-refractivity contribution in [1.29, 1.82) is 0 Å². The average Bonchev–Trinajstić information content (AvgIpc) is 3.19. The van der Waals surface area contributed by atoms with Crippen LogP contribution in [0.3, 0.4) is 0 Å². The summed E-state index contributed by atoms with van der Waals surface area (Å²) in [6.45, 7) is 0.931. The standard InChI is InChI=1S/C22H23F2N5O.HI/c1-3-15-6-4-7-16(12-15)27-20(30)13-26-22(25-2)28-17-10-11-29(14-17)21-18(23)8-5-9-19(21)24;/h1,4-9,12,17H,10-11,13-14H2,2H3,(H,27,30)(H2,25,26,28);1H. The predicted octanol–water partition coefficient (Wildman–Crippen LogP) is 2.95. The molecule has 1 aliphatic rings. The van der Waals surface area contributed by atoms with E-state index in [1.54, 1.807) is 36.2 Å². The van der Waals surface area contributed by atoms with Crippen molar-refractivity contribution in [2.24, 2.45) is 4.99 Å². The fourth-order valence-corrected chi connectivity index (χ4v) is 3.32. The topological polar surface area (TPSA) is 68.8 Å². The van der Waals surface area contributed by atoms with E-state index in [4.69, 9.17) is 6.42 Å². The first-order chi connectivity index (χ1) is 14.5. The van der Waals surface area contributed by atoms with E-state index in [1.807, 2.05) is 0 Å². The third-order valence-electron chi connectivity index (χ3n) is 4.74. The Balaban J connectivity index is 0.00000341. The summed E-state index contributed by atoms with van der Waals surface area (Å²) in [5, 5.41) is 8.89. The highest BCUT2D eigenvalue weighted by Crippen LogP contribution is 2.26. The zero-order valence-corrected chi connectivity index (χ0v) is 19.3. The van der Waals surface area contributed by atoms with Gasteiger partial charge in [-0.25, -0.2) is 8.78 Å². The second-order valence-corrected chi connectivity index (χ2v) is 6.85. The van der Waals surface area contributed by atoms with Crippen LogP contribution in [0.25, 0.3) is 0 Å². The summed E-state index contributed by atoms with van der Waals surface area (Å²) in [4.78, 5) is 18.0. The molecule has 2 aromatic rings. The number of carbonyl (C=O) groups is 1. The number of aliphatic imine (C=N–C) groups is 1. The number of terminal acetylenes is 1. The molecule has 1 atom stereocenters. The van der Waals surface area contributed by atoms with Crippen molar-refractivity contribution in [3.63, 3.8) is 0 Å². The predicted molar refractivity (Wildman–Crippen MR) is 130 cm³/mol. The third-order valence-corrected chi connectivity index (χ3v) is 4.74. The second kappa shape index (κ2) is 11.5. The number of guanidine groups is 1. The number of para-hydroxylation sites is 1. The maximum atomic E-state index is 14.0. The monoisotopic (exact) mass is 539 g/mol. The van der Waals surface area contributed by atoms with Crippen molar-refractivity contribution < 1.29 is 13.6 Å². The van der Waals surface area contributed by atoms with Crippen molar-refractivity contribution in [1.82, 2.24) is 10.6 Å². The van der Waals surface area contributed by atoms with Crippen LogP contribution >= 0.6 is 24.0 Å². The van der Waals surface area contributed by atoms with Gasteiger partial charge >= 0.3 is 0 Å². The number of benzene rings is 2. The maximum absolute atomic E-state index is 14.0. The van der Waals surface area contributed by atoms with Gasteiger partial charge in [-0.05, 0) is 36.8 Å². The Bertz CT molecular complexity index is 972. The number of hydrogen-bond acceptors (Lipinski definition) is 3. The quantitative estimate of drug-likeness (QED) is 0.237. The second-order valence-electron chi connectivity index (χ2n) is 6.85. The van der Waals surface area contributed by atoms with Gasteiger partial charge in [0.25, 0.3) is 0 Å². The van der Waals surface area contributed by atoms with Crippen molar-refractivity contribution in [3.8, 4) is 12.3 Å². The molecule has 1 unspecified atom stereocenters. The zero-order chi connectivity index (χ0) is 21.5. The zero-order valence-electron chi connectivity index (χ0n) is 17.0. The van der Waals surface area contributed by atoms with Crippen LogP contribution in [0.4, 0.5) is 20.2 Å². The van der Waals surface area contributed by atoms with Crippen LogP contribution in [0.2, 0.25) is 0 Å². The van der Waals surface area contributed by atoms with Gasteiger partial charge in [0.2, 0.25) is 5.91 Å². The average molecular weight is 539 g/mol. The van der Waals surface area contributed by atoms with Gasteiger partial charge in [0, 0.05) is 37.4 Å². The van der Waals surface area contributed by atoms with Crippen LogP contribution in [0.15, 0.2) is 47.5 Å². The fourth-order valence-electron chi connectivity index (χ4n) is 3.32. The van der Waals surface area contributed by atoms with Crippen LogP contribution in [-0.4, -0.2) is 44.6 Å². The Morgan fingerprint density at radius 2 is 1.97 bits per heavy atom. The first kappa shape index (κ1) is 24.4. The van der Waals surface area contributed by atoms with E-state index in [2.05, 4.69) is 26.9 Å². The SMILES string of the molecule is C#Cc1cccc(NC(=O)CNC(=NC)NC2CCN(c3c(F)cccc3F)C2)c1.I. The molecule has 1 fully saturated rings. The molecule has 1 aliphatic heterocycles. The fraction of sp³-hybridized carbons (Fsp3) is 0.273. The van der Waals surface area contributed by atoms with Crippen molar-refractivity contribution in [2.45, 2.75) is 12.5 Å². The highest BCUT2D eigenvalue weighted by Gasteiger charge is 2.27. The third kappa shape index (κ3) is 6.55. The van der Waals surface area contributed by atoms with Crippen LogP contribution in [-0.2, 0) is 4.79 Å². The van der Waals surface area contributed by atoms with Gasteiger partial charge < -0.3 is 20.9 Å². The van der Waals surface area contributed by atoms with E-state index >= 15 is 0 Å². The normalized spacial score (nSPS) is 15.6. The number of anilines is 2. The maximum Gasteiger partial charge on any atom is 0.243 e. The van der Waals surface area contributed by atoms with E-state index in [1.165, 1.54) is 18.2 Å². The molecule has 3 N–H and O–H groups in total. The molecule has 2 aromatic carbocycles. The molecule has 31 heavy (non-hydrogen) atoms. The molecular weight excluding hydrogens is 515 g/mol. The molecular formula is C22H24F2IN5O. The molecule has 0 spiro atoms. The van der Waals surface area contributed by atoms with Crippen molar-refractivity contribution in [2.75, 3.05) is 36.9 Å². The van der Waals surface area contributed by atoms with Crippen LogP contribution in [0.5, 0.6) is 0 Å². The summed E-state index contributed by atoms with van der Waals surface area (Å²) in [6.07, 6.45) is 6.04. The number of hydrogen-bond donors (Lipinski definition) is 3. The molecule has 1 amide bonds. The highest BCUT2D eigenvalue weighted by atomic mass is 127. The van der Waals surface area contributed by atoms with Gasteiger partial charge in [-0.2, -0.15) is 0 Å². The highest BCUT2D eigenvalue weighted by molar-refractivity contribution is 14.0. The molecule has 3 rings (SSSR count). The van der Waals surface area contributed by atoms with Crippen molar-refractivity contribution in [3.05, 3.63) is 59.7 Å². The van der Waals surface area contributed by atoms with Gasteiger partial charge in [0.1, 0.15) is 17.3 Å². The van der Waals surface area contributed by atoms with Crippen LogP contribution in [0, 0.1) is 24.0 Å². The van der Waals surface area contributed by atoms with Crippen LogP contribution < -0.4 is 20.9 Å². The molecule has 0 radical (unpaired) electrons. The number of nitrogens with one attached hydrogen (secondary N) is 3. The molecule has 6 nitrogen and oxygen atoms in total. The molecule has 164 valence electrons. The van der Waals surface area contributed by atoms with Crippen molar-refractivity contribution >= 4 is 47.2 Å². The van der Waals surface area contributed by atoms with E-state index in [-0.39, 0.29) is 48.2 Å². The minimum Gasteiger partial charge on any atom is -0.365 e. The van der Waals surface area contributed by atoms with Gasteiger partial charge in [-0.3, -0.25) is 9.79 Å². The van der Waals surface area contributed by atoms with Gasteiger partial charge in [0.05, 0.1) is 6.54 Å². The number of halogens is 3. The lowest BCUT2D eigenvalue weighted by molar-refractivity contribution is -0.115. The molecule has 9 heteroatoms. The molecule has 0 saturated carbocycles. The minimum atomic E-state index is -0.580. The number of amides is 1. The first-order valence-electron chi connectivity index (χ1n) is 9.53. The Morgan fingerprint density at radius 1 is 1.26 bits per heavy atom. The van der Waals surface area contributed by atoms with E-state index in [9.17, 15) is 13.6 Å². The lowest BCUT2D eigenvalue weighted by Crippen LogP contribution is -2.46. The summed E-state index contributed by atoms with van der Waals surface area (Å²) < 4.78 is 28.0. The smallest absolute Gasteiger partial charge is 0.243 e. The summed E-state index contributed by atoms with van der Waals surface area (Å²) in [5.41, 5.74) is 1.27. The summed E-state index contributed by atoms with van der Waals surface area (Å²) in [5.74, 6) is 1.53. The Labute approximate surface area is 197 Å². The van der Waals surface area contributed by atoms with E-state index in [0.29, 0.717) is 36.7 Å². The molecule has 1 heterocycles. The summed E-state index contributed by atoms with van der Waals surface area (Å²) in [6, 6.07) is 10.8. The summed E-state index contributed by atoms with van der Waals surface area (Å²) in [7, 11) is 1.59. The Kier molecular flexibility index (Phi) is 9.05. The minimum absolute atomic E-state index is 0. The van der Waals surface area contributed by atoms with Gasteiger partial charge in [-0.1, -0.05) is 18.1 Å². The van der Waals surface area contributed by atoms with Gasteiger partial charge in [0.15, 0.2) is 5.96 Å². The Hall–Kier alpha value is -2.87. The first-order valence-corrected chi connectivity index (χ1v) is 9.53. The van der Waals surface area contributed by atoms with Crippen LogP contribution in [0.1, 0.15) is 12.0 Å². The lowest BCUT2D eigenvalue weighted by Gasteiger charge is -2.21.